The van der Waals surface area contributed by atoms with Crippen LogP contribution >= 0.6 is 0 Å². The van der Waals surface area contributed by atoms with Gasteiger partial charge in [0.1, 0.15) is 17.9 Å². The van der Waals surface area contributed by atoms with Gasteiger partial charge in [0, 0.05) is 5.69 Å². The molecule has 0 radical (unpaired) electrons. The molecule has 1 fully saturated rings. The Balaban J connectivity index is 1.60. The summed E-state index contributed by atoms with van der Waals surface area (Å²) in [5.41, 5.74) is -0.396. The third kappa shape index (κ3) is 4.29. The van der Waals surface area contributed by atoms with E-state index in [4.69, 9.17) is 4.74 Å². The minimum atomic E-state index is -1.30. The first-order chi connectivity index (χ1) is 14.2. The molecule has 0 saturated carbocycles. The molecule has 1 heterocycles. The van der Waals surface area contributed by atoms with Gasteiger partial charge in [0.15, 0.2) is 6.10 Å². The number of urea groups is 1. The number of ether oxygens (including phenoxy) is 1. The van der Waals surface area contributed by atoms with Gasteiger partial charge < -0.3 is 15.4 Å². The number of nitrogens with one attached hydrogen (secondary N) is 2. The number of rotatable bonds is 6. The first kappa shape index (κ1) is 21.0. The average molecular weight is 413 g/mol. The molecule has 2 aromatic rings. The number of esters is 1. The third-order valence-corrected chi connectivity index (χ3v) is 4.70. The lowest BCUT2D eigenvalue weighted by Gasteiger charge is -2.22. The lowest BCUT2D eigenvalue weighted by molar-refractivity contribution is -0.155. The zero-order chi connectivity index (χ0) is 21.9. The molecule has 156 valence electrons. The van der Waals surface area contributed by atoms with Crippen LogP contribution in [0.5, 0.6) is 0 Å². The van der Waals surface area contributed by atoms with E-state index in [2.05, 4.69) is 10.6 Å². The molecular weight excluding hydrogens is 393 g/mol. The number of carbonyl (C=O) groups is 4. The van der Waals surface area contributed by atoms with Crippen LogP contribution in [0.25, 0.3) is 0 Å². The number of halogens is 1. The molecule has 9 heteroatoms. The Bertz CT molecular complexity index is 980. The summed E-state index contributed by atoms with van der Waals surface area (Å²) in [6, 6.07) is 13.0. The maximum atomic E-state index is 12.9. The molecule has 3 rings (SSSR count). The number of benzene rings is 2. The van der Waals surface area contributed by atoms with Crippen molar-refractivity contribution in [2.75, 3.05) is 11.9 Å². The van der Waals surface area contributed by atoms with Crippen LogP contribution in [0.3, 0.4) is 0 Å². The van der Waals surface area contributed by atoms with E-state index in [1.165, 1.54) is 31.2 Å². The van der Waals surface area contributed by atoms with Crippen LogP contribution in [0.2, 0.25) is 0 Å². The number of carbonyl (C=O) groups excluding carboxylic acids is 4. The van der Waals surface area contributed by atoms with Gasteiger partial charge >= 0.3 is 12.0 Å². The van der Waals surface area contributed by atoms with Crippen LogP contribution in [0, 0.1) is 5.82 Å². The topological polar surface area (TPSA) is 105 Å². The fraction of sp³-hybridized carbons (Fsp3) is 0.238. The summed E-state index contributed by atoms with van der Waals surface area (Å²) < 4.78 is 18.0. The zero-order valence-corrected chi connectivity index (χ0v) is 16.3. The minimum Gasteiger partial charge on any atom is -0.451 e. The lowest BCUT2D eigenvalue weighted by atomic mass is 9.92. The van der Waals surface area contributed by atoms with Gasteiger partial charge in [-0.05, 0) is 43.7 Å². The zero-order valence-electron chi connectivity index (χ0n) is 16.3. The molecule has 30 heavy (non-hydrogen) atoms. The molecule has 4 amide bonds. The first-order valence-electron chi connectivity index (χ1n) is 9.16. The van der Waals surface area contributed by atoms with Crippen LogP contribution in [-0.4, -0.2) is 41.4 Å². The molecule has 2 aromatic carbocycles. The smallest absolute Gasteiger partial charge is 0.327 e. The predicted octanol–water partition coefficient (Wildman–Crippen LogP) is 2.16. The van der Waals surface area contributed by atoms with Gasteiger partial charge in [0.25, 0.3) is 11.8 Å². The third-order valence-electron chi connectivity index (χ3n) is 4.70. The molecule has 1 aliphatic rings. The Hall–Kier alpha value is -3.75. The number of imide groups is 1. The minimum absolute atomic E-state index is 0.331. The van der Waals surface area contributed by atoms with E-state index in [0.717, 1.165) is 4.90 Å². The van der Waals surface area contributed by atoms with E-state index < -0.39 is 47.8 Å². The molecule has 0 spiro atoms. The van der Waals surface area contributed by atoms with E-state index in [0.29, 0.717) is 11.3 Å². The van der Waals surface area contributed by atoms with Crippen molar-refractivity contribution < 1.29 is 28.3 Å². The van der Waals surface area contributed by atoms with Crippen molar-refractivity contribution in [2.45, 2.75) is 25.5 Å². The van der Waals surface area contributed by atoms with Crippen molar-refractivity contribution in [2.24, 2.45) is 0 Å². The quantitative estimate of drug-likeness (QED) is 0.558. The van der Waals surface area contributed by atoms with E-state index in [1.54, 1.807) is 37.3 Å². The molecule has 2 atom stereocenters. The van der Waals surface area contributed by atoms with Gasteiger partial charge in [-0.1, -0.05) is 30.3 Å². The number of nitrogens with zero attached hydrogens (tertiary/aromatic N) is 1. The summed E-state index contributed by atoms with van der Waals surface area (Å²) in [6.07, 6.45) is -1.19. The Morgan fingerprint density at radius 3 is 2.40 bits per heavy atom. The second-order valence-electron chi connectivity index (χ2n) is 6.94. The monoisotopic (exact) mass is 413 g/mol. The SMILES string of the molecule is C[C@@H](OC(=O)CN1C(=O)N[C@@](C)(c2ccccc2)C1=O)C(=O)Nc1ccc(F)cc1. The standard InChI is InChI=1S/C21H20FN3O5/c1-13(18(27)23-16-10-8-15(22)9-11-16)30-17(26)12-25-19(28)21(2,24-20(25)29)14-6-4-3-5-7-14/h3-11,13H,12H2,1-2H3,(H,23,27)(H,24,29)/t13-,21+/m1/s1. The fourth-order valence-electron chi connectivity index (χ4n) is 3.00. The summed E-state index contributed by atoms with van der Waals surface area (Å²) in [6.45, 7) is 2.25. The maximum absolute atomic E-state index is 12.9. The highest BCUT2D eigenvalue weighted by Gasteiger charge is 2.49. The van der Waals surface area contributed by atoms with Crippen LogP contribution < -0.4 is 10.6 Å². The Kier molecular flexibility index (Phi) is 5.81. The Morgan fingerprint density at radius 2 is 1.77 bits per heavy atom. The van der Waals surface area contributed by atoms with Gasteiger partial charge in [-0.25, -0.2) is 9.18 Å². The van der Waals surface area contributed by atoms with Crippen molar-refractivity contribution in [3.05, 3.63) is 66.0 Å². The van der Waals surface area contributed by atoms with Gasteiger partial charge in [0.2, 0.25) is 0 Å². The average Bonchev–Trinajstić information content (AvgIpc) is 2.94. The summed E-state index contributed by atoms with van der Waals surface area (Å²) in [7, 11) is 0. The van der Waals surface area contributed by atoms with Gasteiger partial charge in [-0.2, -0.15) is 0 Å². The molecule has 0 aliphatic carbocycles. The molecule has 0 aromatic heterocycles. The van der Waals surface area contributed by atoms with Gasteiger partial charge in [0.05, 0.1) is 0 Å². The lowest BCUT2D eigenvalue weighted by Crippen LogP contribution is -2.42. The predicted molar refractivity (Wildman–Crippen MR) is 105 cm³/mol. The van der Waals surface area contributed by atoms with E-state index in [1.807, 2.05) is 0 Å². The van der Waals surface area contributed by atoms with E-state index in [9.17, 15) is 23.6 Å². The van der Waals surface area contributed by atoms with E-state index in [-0.39, 0.29) is 0 Å². The molecule has 2 N–H and O–H groups in total. The van der Waals surface area contributed by atoms with Crippen LogP contribution in [-0.2, 0) is 24.7 Å². The molecule has 0 unspecified atom stereocenters. The van der Waals surface area contributed by atoms with Crippen LogP contribution in [0.4, 0.5) is 14.9 Å². The molecule has 1 aliphatic heterocycles. The summed E-state index contributed by atoms with van der Waals surface area (Å²) >= 11 is 0. The molecule has 8 nitrogen and oxygen atoms in total. The second-order valence-corrected chi connectivity index (χ2v) is 6.94. The molecule has 1 saturated heterocycles. The van der Waals surface area contributed by atoms with Crippen LogP contribution in [0.15, 0.2) is 54.6 Å². The maximum Gasteiger partial charge on any atom is 0.327 e. The first-order valence-corrected chi connectivity index (χ1v) is 9.16. The molecular formula is C21H20FN3O5. The molecule has 0 bridgehead atoms. The second kappa shape index (κ2) is 8.32. The fourth-order valence-corrected chi connectivity index (χ4v) is 3.00. The Labute approximate surface area is 172 Å². The highest BCUT2D eigenvalue weighted by molar-refractivity contribution is 6.09. The highest BCUT2D eigenvalue weighted by atomic mass is 19.1. The largest absolute Gasteiger partial charge is 0.451 e. The van der Waals surface area contributed by atoms with Gasteiger partial charge in [-0.15, -0.1) is 0 Å². The normalized spacial score (nSPS) is 19.2. The van der Waals surface area contributed by atoms with Crippen molar-refractivity contribution in [1.82, 2.24) is 10.2 Å². The Morgan fingerprint density at radius 1 is 1.13 bits per heavy atom. The summed E-state index contributed by atoms with van der Waals surface area (Å²) in [5.74, 6) is -2.61. The number of hydrogen-bond acceptors (Lipinski definition) is 5. The summed E-state index contributed by atoms with van der Waals surface area (Å²) in [5, 5.41) is 5.06. The van der Waals surface area contributed by atoms with Crippen molar-refractivity contribution in [3.63, 3.8) is 0 Å². The van der Waals surface area contributed by atoms with Gasteiger partial charge in [-0.3, -0.25) is 19.3 Å². The summed E-state index contributed by atoms with van der Waals surface area (Å²) in [4.78, 5) is 50.2. The number of amides is 4. The van der Waals surface area contributed by atoms with Crippen molar-refractivity contribution in [1.29, 1.82) is 0 Å². The van der Waals surface area contributed by atoms with E-state index >= 15 is 0 Å². The van der Waals surface area contributed by atoms with Crippen molar-refractivity contribution in [3.8, 4) is 0 Å². The number of anilines is 1. The number of hydrogen-bond donors (Lipinski definition) is 2. The van der Waals surface area contributed by atoms with Crippen LogP contribution in [0.1, 0.15) is 19.4 Å². The van der Waals surface area contributed by atoms with Crippen molar-refractivity contribution >= 4 is 29.5 Å². The highest BCUT2D eigenvalue weighted by Crippen LogP contribution is 2.28.